The summed E-state index contributed by atoms with van der Waals surface area (Å²) in [5.74, 6) is 1.37. The summed E-state index contributed by atoms with van der Waals surface area (Å²) in [6.45, 7) is 0. The van der Waals surface area contributed by atoms with Crippen molar-refractivity contribution in [3.8, 4) is 6.19 Å². The molecule has 1 aliphatic heterocycles. The second kappa shape index (κ2) is 2.48. The van der Waals surface area contributed by atoms with Gasteiger partial charge >= 0.3 is 0 Å². The average molecular weight is 125 g/mol. The van der Waals surface area contributed by atoms with Gasteiger partial charge in [-0.25, -0.2) is 4.99 Å². The topological polar surface area (TPSA) is 48.5 Å². The number of thioether (sulfide) groups is 1. The van der Waals surface area contributed by atoms with E-state index in [4.69, 9.17) is 5.26 Å². The molecule has 0 amide bonds. The molecule has 0 spiro atoms. The Kier molecular flexibility index (Phi) is 1.65. The summed E-state index contributed by atoms with van der Waals surface area (Å²) >= 11 is 1.55. The molecule has 0 aliphatic carbocycles. The van der Waals surface area contributed by atoms with Crippen LogP contribution in [0.25, 0.3) is 0 Å². The summed E-state index contributed by atoms with van der Waals surface area (Å²) in [5.41, 5.74) is 1.69. The molecule has 3 nitrogen and oxygen atoms in total. The van der Waals surface area contributed by atoms with Crippen molar-refractivity contribution < 1.29 is 0 Å². The van der Waals surface area contributed by atoms with Gasteiger partial charge in [-0.1, -0.05) is 0 Å². The van der Waals surface area contributed by atoms with E-state index < -0.39 is 0 Å². The molecule has 0 aromatic carbocycles. The highest BCUT2D eigenvalue weighted by molar-refractivity contribution is 8.13. The van der Waals surface area contributed by atoms with Gasteiger partial charge in [0.2, 0.25) is 6.19 Å². The van der Waals surface area contributed by atoms with Crippen LogP contribution in [0.15, 0.2) is 9.98 Å². The molecular weight excluding hydrogens is 122 g/mol. The number of rotatable bonds is 0. The Hall–Kier alpha value is -0.820. The van der Waals surface area contributed by atoms with Crippen LogP contribution in [0.5, 0.6) is 0 Å². The largest absolute Gasteiger partial charge is 0.233 e. The van der Waals surface area contributed by atoms with E-state index >= 15 is 0 Å². The first-order valence-electron chi connectivity index (χ1n) is 2.03. The summed E-state index contributed by atoms with van der Waals surface area (Å²) in [6, 6.07) is 0. The van der Waals surface area contributed by atoms with Gasteiger partial charge in [-0.3, -0.25) is 0 Å². The van der Waals surface area contributed by atoms with Crippen molar-refractivity contribution in [2.75, 3.05) is 5.75 Å². The first-order valence-corrected chi connectivity index (χ1v) is 3.08. The lowest BCUT2D eigenvalue weighted by molar-refractivity contribution is 1.41. The molecule has 0 aromatic heterocycles. The van der Waals surface area contributed by atoms with Crippen LogP contribution in [0.3, 0.4) is 0 Å². The first-order chi connectivity index (χ1) is 3.93. The fourth-order valence-electron chi connectivity index (χ4n) is 0.366. The van der Waals surface area contributed by atoms with Gasteiger partial charge in [-0.15, -0.1) is 11.8 Å². The van der Waals surface area contributed by atoms with Crippen LogP contribution >= 0.6 is 11.8 Å². The van der Waals surface area contributed by atoms with Crippen molar-refractivity contribution in [1.29, 1.82) is 5.26 Å². The minimum absolute atomic E-state index is 0.623. The molecule has 4 heteroatoms. The summed E-state index contributed by atoms with van der Waals surface area (Å²) in [5, 5.41) is 8.01. The fraction of sp³-hybridized carbons (Fsp3) is 0.250. The second-order valence-electron chi connectivity index (χ2n) is 1.17. The summed E-state index contributed by atoms with van der Waals surface area (Å²) in [7, 11) is 0. The minimum atomic E-state index is 0.623. The van der Waals surface area contributed by atoms with E-state index in [9.17, 15) is 0 Å². The van der Waals surface area contributed by atoms with E-state index in [0.29, 0.717) is 5.84 Å². The third-order valence-corrected chi connectivity index (χ3v) is 1.35. The van der Waals surface area contributed by atoms with Crippen molar-refractivity contribution in [2.24, 2.45) is 9.98 Å². The lowest BCUT2D eigenvalue weighted by atomic mass is 10.7. The molecule has 1 heterocycles. The summed E-state index contributed by atoms with van der Waals surface area (Å²) < 4.78 is 0. The molecular formula is C4H3N3S. The predicted octanol–water partition coefficient (Wildman–Crippen LogP) is 0.641. The maximum absolute atomic E-state index is 8.01. The van der Waals surface area contributed by atoms with Crippen LogP contribution in [0.4, 0.5) is 0 Å². The molecule has 0 aromatic rings. The Morgan fingerprint density at radius 2 is 2.88 bits per heavy atom. The van der Waals surface area contributed by atoms with Crippen molar-refractivity contribution in [3.05, 3.63) is 0 Å². The first kappa shape index (κ1) is 5.32. The van der Waals surface area contributed by atoms with Crippen LogP contribution in [0.2, 0.25) is 0 Å². The lowest BCUT2D eigenvalue weighted by Gasteiger charge is -1.78. The molecule has 0 atom stereocenters. The van der Waals surface area contributed by atoms with E-state index in [-0.39, 0.29) is 0 Å². The maximum atomic E-state index is 8.01. The Labute approximate surface area is 51.1 Å². The highest BCUT2D eigenvalue weighted by Gasteiger charge is 2.00. The van der Waals surface area contributed by atoms with E-state index in [1.165, 1.54) is 0 Å². The second-order valence-corrected chi connectivity index (χ2v) is 2.01. The normalized spacial score (nSPS) is 21.6. The number of nitrogens with zero attached hydrogens (tertiary/aromatic N) is 3. The molecule has 0 unspecified atom stereocenters. The number of hydrogen-bond acceptors (Lipinski definition) is 3. The van der Waals surface area contributed by atoms with Crippen molar-refractivity contribution in [3.63, 3.8) is 0 Å². The van der Waals surface area contributed by atoms with Crippen molar-refractivity contribution >= 4 is 23.1 Å². The highest BCUT2D eigenvalue weighted by atomic mass is 32.2. The molecule has 0 radical (unpaired) electrons. The van der Waals surface area contributed by atoms with Crippen LogP contribution in [0, 0.1) is 11.5 Å². The van der Waals surface area contributed by atoms with Crippen molar-refractivity contribution in [2.45, 2.75) is 0 Å². The molecule has 40 valence electrons. The Balaban J connectivity index is 2.63. The van der Waals surface area contributed by atoms with E-state index in [1.54, 1.807) is 23.5 Å². The van der Waals surface area contributed by atoms with Gasteiger partial charge in [0.05, 0.1) is 11.3 Å². The van der Waals surface area contributed by atoms with Gasteiger partial charge in [-0.05, 0) is 0 Å². The molecule has 8 heavy (non-hydrogen) atoms. The smallest absolute Gasteiger partial charge is 0.207 e. The van der Waals surface area contributed by atoms with Gasteiger partial charge in [0, 0.05) is 0 Å². The van der Waals surface area contributed by atoms with Crippen LogP contribution in [0.1, 0.15) is 0 Å². The molecule has 1 aliphatic rings. The quantitative estimate of drug-likeness (QED) is 0.446. The number of nitriles is 1. The third kappa shape index (κ3) is 1.07. The minimum Gasteiger partial charge on any atom is -0.233 e. The number of amidine groups is 1. The Morgan fingerprint density at radius 3 is 3.38 bits per heavy atom. The molecule has 1 rings (SSSR count). The van der Waals surface area contributed by atoms with E-state index in [2.05, 4.69) is 9.98 Å². The number of aliphatic imine (C=N–C) groups is 2. The van der Waals surface area contributed by atoms with Crippen molar-refractivity contribution in [1.82, 2.24) is 0 Å². The molecule has 0 N–H and O–H groups in total. The fourth-order valence-corrected chi connectivity index (χ4v) is 0.925. The van der Waals surface area contributed by atoms with Gasteiger partial charge < -0.3 is 0 Å². The monoisotopic (exact) mass is 125 g/mol. The Morgan fingerprint density at radius 1 is 2.00 bits per heavy atom. The standard InChI is InChI=1S/C4H3N3S/c5-2-6-4-1-8-3-7-4/h3H,1H2/b6-4+. The SMILES string of the molecule is N#C/N=C1\CSC=N1. The summed E-state index contributed by atoms with van der Waals surface area (Å²) in [4.78, 5) is 7.22. The van der Waals surface area contributed by atoms with Gasteiger partial charge in [0.25, 0.3) is 0 Å². The predicted molar refractivity (Wildman–Crippen MR) is 34.0 cm³/mol. The zero-order valence-corrected chi connectivity index (χ0v) is 4.85. The van der Waals surface area contributed by atoms with E-state index in [1.807, 2.05) is 0 Å². The zero-order chi connectivity index (χ0) is 5.82. The lowest BCUT2D eigenvalue weighted by Crippen LogP contribution is -1.88. The summed E-state index contributed by atoms with van der Waals surface area (Å²) in [6.07, 6.45) is 1.67. The van der Waals surface area contributed by atoms with E-state index in [0.717, 1.165) is 5.75 Å². The molecule has 0 saturated heterocycles. The zero-order valence-electron chi connectivity index (χ0n) is 4.03. The van der Waals surface area contributed by atoms with Crippen LogP contribution < -0.4 is 0 Å². The Bertz CT molecular complexity index is 176. The molecule has 0 saturated carbocycles. The number of hydrogen-bond donors (Lipinski definition) is 0. The maximum Gasteiger partial charge on any atom is 0.207 e. The average Bonchev–Trinajstić information content (AvgIpc) is 2.19. The van der Waals surface area contributed by atoms with Gasteiger partial charge in [-0.2, -0.15) is 10.3 Å². The van der Waals surface area contributed by atoms with Crippen LogP contribution in [-0.2, 0) is 0 Å². The highest BCUT2D eigenvalue weighted by Crippen LogP contribution is 2.04. The van der Waals surface area contributed by atoms with Crippen LogP contribution in [-0.4, -0.2) is 17.1 Å². The molecule has 0 bridgehead atoms. The third-order valence-electron chi connectivity index (χ3n) is 0.668. The molecule has 0 fully saturated rings. The van der Waals surface area contributed by atoms with Gasteiger partial charge in [0.15, 0.2) is 5.84 Å². The van der Waals surface area contributed by atoms with Gasteiger partial charge in [0.1, 0.15) is 0 Å².